The molecule has 0 radical (unpaired) electrons. The van der Waals surface area contributed by atoms with Gasteiger partial charge >= 0.3 is 0 Å². The van der Waals surface area contributed by atoms with E-state index in [1.807, 2.05) is 31.1 Å². The molecular weight excluding hydrogens is 140 g/mol. The van der Waals surface area contributed by atoms with E-state index >= 15 is 0 Å². The van der Waals surface area contributed by atoms with Crippen molar-refractivity contribution in [2.75, 3.05) is 0 Å². The fourth-order valence-electron chi connectivity index (χ4n) is 0.906. The summed E-state index contributed by atoms with van der Waals surface area (Å²) >= 11 is 0. The van der Waals surface area contributed by atoms with E-state index in [0.29, 0.717) is 0 Å². The predicted octanol–water partition coefficient (Wildman–Crippen LogP) is 2.25. The van der Waals surface area contributed by atoms with Gasteiger partial charge in [0, 0.05) is 10.8 Å². The third-order valence-electron chi connectivity index (χ3n) is 1.39. The first-order valence-corrected chi connectivity index (χ1v) is 3.16. The minimum atomic E-state index is 1.16. The molecule has 56 valence electrons. The lowest BCUT2D eigenvalue weighted by molar-refractivity contribution is -0.0979. The lowest BCUT2D eigenvalue weighted by atomic mass is 10.2. The molecule has 2 heteroatoms. The van der Waals surface area contributed by atoms with Crippen molar-refractivity contribution in [1.82, 2.24) is 0 Å². The smallest absolute Gasteiger partial charge is 0.106 e. The Bertz CT molecular complexity index is 295. The van der Waals surface area contributed by atoms with Gasteiger partial charge in [-0.15, -0.1) is 0 Å². The number of benzene rings is 1. The SMILES string of the molecule is C=O.c1ccc2cocc2c1. The maximum Gasteiger partial charge on any atom is 0.106 e. The first-order chi connectivity index (χ1) is 5.47. The molecular formula is C9H8O2. The molecule has 0 spiro atoms. The summed E-state index contributed by atoms with van der Waals surface area (Å²) in [5, 5.41) is 2.33. The Morgan fingerprint density at radius 2 is 1.45 bits per heavy atom. The fraction of sp³-hybridized carbons (Fsp3) is 0. The molecule has 0 saturated heterocycles. The highest BCUT2D eigenvalue weighted by atomic mass is 16.3. The van der Waals surface area contributed by atoms with Gasteiger partial charge in [0.15, 0.2) is 0 Å². The van der Waals surface area contributed by atoms with Gasteiger partial charge in [0.25, 0.3) is 0 Å². The molecule has 11 heavy (non-hydrogen) atoms. The standard InChI is InChI=1S/C8H6O.CH2O/c1-2-4-8-6-9-5-7(8)3-1;1-2/h1-6H;1H2. The highest BCUT2D eigenvalue weighted by molar-refractivity contribution is 5.80. The lowest BCUT2D eigenvalue weighted by Crippen LogP contribution is -1.57. The first-order valence-electron chi connectivity index (χ1n) is 3.16. The minimum absolute atomic E-state index is 1.16. The Balaban J connectivity index is 0.000000281. The van der Waals surface area contributed by atoms with Crippen LogP contribution in [0, 0.1) is 0 Å². The topological polar surface area (TPSA) is 30.2 Å². The molecule has 0 fully saturated rings. The zero-order valence-electron chi connectivity index (χ0n) is 5.99. The van der Waals surface area contributed by atoms with Crippen molar-refractivity contribution in [1.29, 1.82) is 0 Å². The summed E-state index contributed by atoms with van der Waals surface area (Å²) in [5.41, 5.74) is 0. The van der Waals surface area contributed by atoms with Crippen LogP contribution in [-0.2, 0) is 4.79 Å². The number of carbonyl (C=O) groups is 1. The third kappa shape index (κ3) is 1.46. The molecule has 1 aromatic heterocycles. The van der Waals surface area contributed by atoms with Gasteiger partial charge in [0.05, 0.1) is 12.5 Å². The average molecular weight is 148 g/mol. The number of hydrogen-bond acceptors (Lipinski definition) is 2. The Morgan fingerprint density at radius 1 is 1.00 bits per heavy atom. The van der Waals surface area contributed by atoms with Gasteiger partial charge in [-0.05, 0) is 0 Å². The molecule has 0 aliphatic carbocycles. The molecule has 1 aromatic carbocycles. The molecule has 0 N–H and O–H groups in total. The average Bonchev–Trinajstić information content (AvgIpc) is 2.55. The van der Waals surface area contributed by atoms with E-state index in [9.17, 15) is 0 Å². The molecule has 0 aliphatic heterocycles. The number of rotatable bonds is 0. The van der Waals surface area contributed by atoms with Crippen molar-refractivity contribution in [2.45, 2.75) is 0 Å². The number of carbonyl (C=O) groups excluding carboxylic acids is 1. The predicted molar refractivity (Wildman–Crippen MR) is 43.3 cm³/mol. The molecule has 2 rings (SSSR count). The van der Waals surface area contributed by atoms with Crippen LogP contribution in [0.1, 0.15) is 0 Å². The Morgan fingerprint density at radius 3 is 1.91 bits per heavy atom. The lowest BCUT2D eigenvalue weighted by Gasteiger charge is -1.80. The van der Waals surface area contributed by atoms with E-state index in [-0.39, 0.29) is 0 Å². The van der Waals surface area contributed by atoms with Crippen molar-refractivity contribution in [3.05, 3.63) is 36.8 Å². The molecule has 0 atom stereocenters. The number of fused-ring (bicyclic) bond motifs is 1. The summed E-state index contributed by atoms with van der Waals surface area (Å²) < 4.78 is 4.96. The van der Waals surface area contributed by atoms with Gasteiger partial charge < -0.3 is 9.21 Å². The van der Waals surface area contributed by atoms with Crippen molar-refractivity contribution < 1.29 is 9.21 Å². The normalized spacial score (nSPS) is 8.73. The van der Waals surface area contributed by atoms with Crippen molar-refractivity contribution in [3.63, 3.8) is 0 Å². The quantitative estimate of drug-likeness (QED) is 0.573. The highest BCUT2D eigenvalue weighted by Gasteiger charge is 1.89. The van der Waals surface area contributed by atoms with Gasteiger partial charge in [0.1, 0.15) is 6.79 Å². The first kappa shape index (κ1) is 7.54. The van der Waals surface area contributed by atoms with Crippen molar-refractivity contribution in [3.8, 4) is 0 Å². The van der Waals surface area contributed by atoms with Crippen LogP contribution in [0.25, 0.3) is 10.8 Å². The second-order valence-electron chi connectivity index (χ2n) is 2.00. The summed E-state index contributed by atoms with van der Waals surface area (Å²) in [6, 6.07) is 8.05. The van der Waals surface area contributed by atoms with E-state index < -0.39 is 0 Å². The van der Waals surface area contributed by atoms with Crippen LogP contribution >= 0.6 is 0 Å². The van der Waals surface area contributed by atoms with Crippen LogP contribution in [0.4, 0.5) is 0 Å². The highest BCUT2D eigenvalue weighted by Crippen LogP contribution is 2.12. The molecule has 2 aromatic rings. The van der Waals surface area contributed by atoms with E-state index in [4.69, 9.17) is 9.21 Å². The van der Waals surface area contributed by atoms with Crippen molar-refractivity contribution in [2.24, 2.45) is 0 Å². The summed E-state index contributed by atoms with van der Waals surface area (Å²) in [5.74, 6) is 0. The second-order valence-corrected chi connectivity index (χ2v) is 2.00. The van der Waals surface area contributed by atoms with E-state index in [1.165, 1.54) is 0 Å². The van der Waals surface area contributed by atoms with Crippen LogP contribution in [0.2, 0.25) is 0 Å². The largest absolute Gasteiger partial charge is 0.471 e. The van der Waals surface area contributed by atoms with E-state index in [0.717, 1.165) is 10.8 Å². The Kier molecular flexibility index (Phi) is 2.44. The van der Waals surface area contributed by atoms with Gasteiger partial charge in [-0.25, -0.2) is 0 Å². The molecule has 0 bridgehead atoms. The van der Waals surface area contributed by atoms with E-state index in [2.05, 4.69) is 0 Å². The Hall–Kier alpha value is -1.57. The third-order valence-corrected chi connectivity index (χ3v) is 1.39. The zero-order valence-corrected chi connectivity index (χ0v) is 5.99. The summed E-state index contributed by atoms with van der Waals surface area (Å²) in [4.78, 5) is 8.00. The van der Waals surface area contributed by atoms with Crippen LogP contribution in [0.3, 0.4) is 0 Å². The molecule has 0 unspecified atom stereocenters. The van der Waals surface area contributed by atoms with Crippen LogP contribution in [-0.4, -0.2) is 6.79 Å². The van der Waals surface area contributed by atoms with E-state index in [1.54, 1.807) is 12.5 Å². The molecule has 0 amide bonds. The van der Waals surface area contributed by atoms with Crippen LogP contribution in [0.15, 0.2) is 41.2 Å². The van der Waals surface area contributed by atoms with Crippen LogP contribution in [0.5, 0.6) is 0 Å². The number of hydrogen-bond donors (Lipinski definition) is 0. The second kappa shape index (κ2) is 3.56. The fourth-order valence-corrected chi connectivity index (χ4v) is 0.906. The van der Waals surface area contributed by atoms with Gasteiger partial charge in [0.2, 0.25) is 0 Å². The summed E-state index contributed by atoms with van der Waals surface area (Å²) in [6.45, 7) is 2.00. The van der Waals surface area contributed by atoms with Crippen molar-refractivity contribution >= 4 is 17.6 Å². The number of furan rings is 1. The van der Waals surface area contributed by atoms with Gasteiger partial charge in [-0.3, -0.25) is 0 Å². The minimum Gasteiger partial charge on any atom is -0.471 e. The van der Waals surface area contributed by atoms with Gasteiger partial charge in [-0.1, -0.05) is 24.3 Å². The Labute approximate surface area is 64.4 Å². The molecule has 1 heterocycles. The van der Waals surface area contributed by atoms with Gasteiger partial charge in [-0.2, -0.15) is 0 Å². The maximum atomic E-state index is 8.00. The van der Waals surface area contributed by atoms with Crippen LogP contribution < -0.4 is 0 Å². The monoisotopic (exact) mass is 148 g/mol. The molecule has 2 nitrogen and oxygen atoms in total. The summed E-state index contributed by atoms with van der Waals surface area (Å²) in [6.07, 6.45) is 3.49. The molecule has 0 aliphatic rings. The molecule has 0 saturated carbocycles. The maximum absolute atomic E-state index is 8.00. The zero-order chi connectivity index (χ0) is 8.10. The summed E-state index contributed by atoms with van der Waals surface area (Å²) in [7, 11) is 0.